The lowest BCUT2D eigenvalue weighted by Gasteiger charge is -2.31. The van der Waals surface area contributed by atoms with Crippen LogP contribution in [0.3, 0.4) is 0 Å². The first-order valence-electron chi connectivity index (χ1n) is 5.77. The molecule has 0 spiro atoms. The van der Waals surface area contributed by atoms with Gasteiger partial charge in [0.15, 0.2) is 0 Å². The van der Waals surface area contributed by atoms with E-state index >= 15 is 0 Å². The lowest BCUT2D eigenvalue weighted by molar-refractivity contribution is 0.384. The molecule has 1 saturated heterocycles. The molecule has 0 unspecified atom stereocenters. The van der Waals surface area contributed by atoms with Gasteiger partial charge in [0.2, 0.25) is 0 Å². The van der Waals surface area contributed by atoms with E-state index in [0.717, 1.165) is 19.5 Å². The van der Waals surface area contributed by atoms with Crippen LogP contribution >= 0.6 is 0 Å². The summed E-state index contributed by atoms with van der Waals surface area (Å²) in [7, 11) is 2.12. The Morgan fingerprint density at radius 3 is 2.67 bits per heavy atom. The maximum atomic E-state index is 3.71. The van der Waals surface area contributed by atoms with E-state index in [1.54, 1.807) is 0 Å². The van der Waals surface area contributed by atoms with Crippen LogP contribution in [0.2, 0.25) is 0 Å². The quantitative estimate of drug-likeness (QED) is 0.750. The Kier molecular flexibility index (Phi) is 7.51. The van der Waals surface area contributed by atoms with Crippen molar-refractivity contribution in [1.29, 1.82) is 0 Å². The Morgan fingerprint density at radius 1 is 1.47 bits per heavy atom. The lowest BCUT2D eigenvalue weighted by atomic mass is 10.2. The van der Waals surface area contributed by atoms with Crippen molar-refractivity contribution < 1.29 is 0 Å². The molecule has 0 aliphatic carbocycles. The van der Waals surface area contributed by atoms with Crippen molar-refractivity contribution in [2.75, 3.05) is 20.1 Å². The first-order valence-corrected chi connectivity index (χ1v) is 5.77. The minimum Gasteiger partial charge on any atom is -0.382 e. The molecule has 0 bridgehead atoms. The number of likely N-dealkylation sites (N-methyl/N-ethyl adjacent to an activating group) is 1. The summed E-state index contributed by atoms with van der Waals surface area (Å²) in [6.45, 7) is 11.9. The van der Waals surface area contributed by atoms with Crippen LogP contribution in [0.1, 0.15) is 27.2 Å². The van der Waals surface area contributed by atoms with E-state index in [1.165, 1.54) is 11.4 Å². The van der Waals surface area contributed by atoms with Crippen molar-refractivity contribution in [3.63, 3.8) is 0 Å². The maximum Gasteiger partial charge on any atom is 0.0575 e. The van der Waals surface area contributed by atoms with Crippen molar-refractivity contribution in [3.05, 3.63) is 36.2 Å². The molecule has 1 heterocycles. The monoisotopic (exact) mass is 208 g/mol. The Morgan fingerprint density at radius 2 is 2.13 bits per heavy atom. The van der Waals surface area contributed by atoms with Gasteiger partial charge in [-0.1, -0.05) is 39.5 Å². The molecule has 0 atom stereocenters. The van der Waals surface area contributed by atoms with Crippen LogP contribution in [0.5, 0.6) is 0 Å². The number of hydrogen-bond donors (Lipinski definition) is 1. The van der Waals surface area contributed by atoms with Gasteiger partial charge < -0.3 is 10.2 Å². The molecule has 0 aromatic heterocycles. The molecule has 2 heteroatoms. The molecular formula is C13H24N2. The van der Waals surface area contributed by atoms with Gasteiger partial charge in [0, 0.05) is 20.1 Å². The highest BCUT2D eigenvalue weighted by atomic mass is 15.2. The number of nitrogens with one attached hydrogen (secondary N) is 1. The van der Waals surface area contributed by atoms with Gasteiger partial charge in [-0.2, -0.15) is 0 Å². The van der Waals surface area contributed by atoms with Crippen molar-refractivity contribution in [2.24, 2.45) is 0 Å². The molecule has 1 rings (SSSR count). The minimum absolute atomic E-state index is 1.01. The second kappa shape index (κ2) is 8.16. The van der Waals surface area contributed by atoms with Gasteiger partial charge in [0.1, 0.15) is 0 Å². The summed E-state index contributed by atoms with van der Waals surface area (Å²) >= 11 is 0. The molecule has 1 aliphatic heterocycles. The molecule has 1 N–H and O–H groups in total. The van der Waals surface area contributed by atoms with Crippen LogP contribution in [0.4, 0.5) is 0 Å². The number of rotatable bonds is 2. The van der Waals surface area contributed by atoms with Crippen LogP contribution in [0.15, 0.2) is 36.2 Å². The predicted octanol–water partition coefficient (Wildman–Crippen LogP) is 2.91. The first-order chi connectivity index (χ1) is 7.29. The molecule has 1 aliphatic rings. The van der Waals surface area contributed by atoms with Crippen molar-refractivity contribution in [2.45, 2.75) is 27.2 Å². The standard InChI is InChI=1S/C11H18N2.C2H6/c1-4-6-10-11(7-5-2)13(3)9-8-12-10;1-2/h4,6-7,12H,1,5,8-9H2,2-3H3;1-2H3/b10-6+,11-7+;. The van der Waals surface area contributed by atoms with E-state index in [2.05, 4.69) is 36.8 Å². The first kappa shape index (κ1) is 13.8. The fourth-order valence-corrected chi connectivity index (χ4v) is 1.50. The van der Waals surface area contributed by atoms with Gasteiger partial charge in [0.05, 0.1) is 11.4 Å². The van der Waals surface area contributed by atoms with Crippen LogP contribution in [0.25, 0.3) is 0 Å². The zero-order chi connectivity index (χ0) is 11.7. The summed E-state index contributed by atoms with van der Waals surface area (Å²) in [5.74, 6) is 0. The Bertz CT molecular complexity index is 239. The van der Waals surface area contributed by atoms with E-state index in [-0.39, 0.29) is 0 Å². The molecular weight excluding hydrogens is 184 g/mol. The van der Waals surface area contributed by atoms with Gasteiger partial charge in [-0.05, 0) is 12.5 Å². The van der Waals surface area contributed by atoms with E-state index in [9.17, 15) is 0 Å². The van der Waals surface area contributed by atoms with Gasteiger partial charge in [0.25, 0.3) is 0 Å². The molecule has 86 valence electrons. The molecule has 0 aromatic rings. The summed E-state index contributed by atoms with van der Waals surface area (Å²) < 4.78 is 0. The summed E-state index contributed by atoms with van der Waals surface area (Å²) in [5.41, 5.74) is 2.47. The zero-order valence-corrected chi connectivity index (χ0v) is 10.5. The Balaban J connectivity index is 0.000000921. The smallest absolute Gasteiger partial charge is 0.0575 e. The third-order valence-corrected chi connectivity index (χ3v) is 2.13. The molecule has 2 nitrogen and oxygen atoms in total. The van der Waals surface area contributed by atoms with Crippen LogP contribution in [0, 0.1) is 0 Å². The van der Waals surface area contributed by atoms with E-state index in [1.807, 2.05) is 26.0 Å². The van der Waals surface area contributed by atoms with Crippen LogP contribution in [-0.4, -0.2) is 25.0 Å². The molecule has 0 aromatic carbocycles. The number of piperazine rings is 1. The average molecular weight is 208 g/mol. The highest BCUT2D eigenvalue weighted by molar-refractivity contribution is 5.32. The second-order valence-corrected chi connectivity index (χ2v) is 3.16. The Labute approximate surface area is 94.4 Å². The number of allylic oxidation sites excluding steroid dienone is 3. The van der Waals surface area contributed by atoms with E-state index in [4.69, 9.17) is 0 Å². The minimum atomic E-state index is 1.01. The zero-order valence-electron chi connectivity index (χ0n) is 10.5. The van der Waals surface area contributed by atoms with Crippen LogP contribution < -0.4 is 5.32 Å². The van der Waals surface area contributed by atoms with Crippen molar-refractivity contribution in [3.8, 4) is 0 Å². The SMILES string of the molecule is C=C/C=C1/NCCN(C)/C1=C/CC.CC. The lowest BCUT2D eigenvalue weighted by Crippen LogP contribution is -2.37. The third kappa shape index (κ3) is 4.24. The summed E-state index contributed by atoms with van der Waals surface area (Å²) in [6, 6.07) is 0. The van der Waals surface area contributed by atoms with Crippen molar-refractivity contribution >= 4 is 0 Å². The molecule has 0 amide bonds. The van der Waals surface area contributed by atoms with Crippen molar-refractivity contribution in [1.82, 2.24) is 10.2 Å². The van der Waals surface area contributed by atoms with Gasteiger partial charge in [-0.15, -0.1) is 0 Å². The summed E-state index contributed by atoms with van der Waals surface area (Å²) in [4.78, 5) is 2.27. The molecule has 0 radical (unpaired) electrons. The Hall–Kier alpha value is -1.18. The maximum absolute atomic E-state index is 3.71. The molecule has 15 heavy (non-hydrogen) atoms. The van der Waals surface area contributed by atoms with Crippen LogP contribution in [-0.2, 0) is 0 Å². The number of hydrogen-bond acceptors (Lipinski definition) is 2. The van der Waals surface area contributed by atoms with Gasteiger partial charge in [-0.25, -0.2) is 0 Å². The summed E-state index contributed by atoms with van der Waals surface area (Å²) in [6.07, 6.45) is 7.15. The topological polar surface area (TPSA) is 15.3 Å². The fourth-order valence-electron chi connectivity index (χ4n) is 1.50. The highest BCUT2D eigenvalue weighted by Crippen LogP contribution is 2.15. The fraction of sp³-hybridized carbons (Fsp3) is 0.538. The van der Waals surface area contributed by atoms with Gasteiger partial charge in [-0.3, -0.25) is 0 Å². The molecule has 0 saturated carbocycles. The normalized spacial score (nSPS) is 20.7. The third-order valence-electron chi connectivity index (χ3n) is 2.13. The van der Waals surface area contributed by atoms with Gasteiger partial charge >= 0.3 is 0 Å². The molecule has 1 fully saturated rings. The average Bonchev–Trinajstić information content (AvgIpc) is 2.26. The predicted molar refractivity (Wildman–Crippen MR) is 68.6 cm³/mol. The second-order valence-electron chi connectivity index (χ2n) is 3.16. The summed E-state index contributed by atoms with van der Waals surface area (Å²) in [5, 5.41) is 3.37. The number of nitrogens with zero attached hydrogens (tertiary/aromatic N) is 1. The van der Waals surface area contributed by atoms with E-state index in [0.29, 0.717) is 0 Å². The largest absolute Gasteiger partial charge is 0.382 e. The highest BCUT2D eigenvalue weighted by Gasteiger charge is 2.13. The van der Waals surface area contributed by atoms with E-state index < -0.39 is 0 Å².